The van der Waals surface area contributed by atoms with Gasteiger partial charge in [0.15, 0.2) is 11.6 Å². The quantitative estimate of drug-likeness (QED) is 0.616. The molecule has 0 radical (unpaired) electrons. The fourth-order valence-corrected chi connectivity index (χ4v) is 1.70. The van der Waals surface area contributed by atoms with E-state index in [4.69, 9.17) is 4.74 Å². The van der Waals surface area contributed by atoms with E-state index >= 15 is 0 Å². The standard InChI is InChI=1S/C12H13BrO3/c1-8(11(14)7-16-2)12(15)9-4-3-5-10(13)6-9/h3-6,8H,7H2,1-2H3. The largest absolute Gasteiger partial charge is 0.377 e. The van der Waals surface area contributed by atoms with Crippen LogP contribution in [-0.4, -0.2) is 25.3 Å². The first-order chi connectivity index (χ1) is 7.56. The Morgan fingerprint density at radius 1 is 1.44 bits per heavy atom. The molecule has 1 unspecified atom stereocenters. The third-order valence-corrected chi connectivity index (χ3v) is 2.77. The van der Waals surface area contributed by atoms with E-state index in [0.717, 1.165) is 4.47 Å². The van der Waals surface area contributed by atoms with E-state index in [1.165, 1.54) is 7.11 Å². The minimum atomic E-state index is -0.658. The Morgan fingerprint density at radius 2 is 2.12 bits per heavy atom. The molecule has 0 amide bonds. The summed E-state index contributed by atoms with van der Waals surface area (Å²) in [6.07, 6.45) is 0. The van der Waals surface area contributed by atoms with Crippen molar-refractivity contribution in [2.75, 3.05) is 13.7 Å². The van der Waals surface area contributed by atoms with Crippen molar-refractivity contribution in [3.63, 3.8) is 0 Å². The van der Waals surface area contributed by atoms with Gasteiger partial charge in [0.05, 0.1) is 5.92 Å². The summed E-state index contributed by atoms with van der Waals surface area (Å²) in [5, 5.41) is 0. The Morgan fingerprint density at radius 3 is 2.69 bits per heavy atom. The number of rotatable bonds is 5. The lowest BCUT2D eigenvalue weighted by molar-refractivity contribution is -0.124. The van der Waals surface area contributed by atoms with Crippen LogP contribution in [0.15, 0.2) is 28.7 Å². The van der Waals surface area contributed by atoms with Crippen LogP contribution in [0.25, 0.3) is 0 Å². The lowest BCUT2D eigenvalue weighted by Gasteiger charge is -2.08. The molecule has 0 heterocycles. The van der Waals surface area contributed by atoms with E-state index in [0.29, 0.717) is 5.56 Å². The van der Waals surface area contributed by atoms with Gasteiger partial charge in [-0.25, -0.2) is 0 Å². The smallest absolute Gasteiger partial charge is 0.173 e. The molecule has 1 aromatic carbocycles. The zero-order chi connectivity index (χ0) is 12.1. The third-order valence-electron chi connectivity index (χ3n) is 2.27. The molecule has 1 rings (SSSR count). The Kier molecular flexibility index (Phi) is 4.83. The fourth-order valence-electron chi connectivity index (χ4n) is 1.31. The van der Waals surface area contributed by atoms with Crippen molar-refractivity contribution in [1.29, 1.82) is 0 Å². The van der Waals surface area contributed by atoms with E-state index in [2.05, 4.69) is 15.9 Å². The van der Waals surface area contributed by atoms with Crippen LogP contribution in [0.5, 0.6) is 0 Å². The minimum Gasteiger partial charge on any atom is -0.377 e. The van der Waals surface area contributed by atoms with Crippen molar-refractivity contribution in [2.24, 2.45) is 5.92 Å². The molecule has 0 aromatic heterocycles. The average molecular weight is 285 g/mol. The molecule has 3 nitrogen and oxygen atoms in total. The third kappa shape index (κ3) is 3.25. The van der Waals surface area contributed by atoms with Crippen molar-refractivity contribution >= 4 is 27.5 Å². The maximum absolute atomic E-state index is 11.9. The molecule has 16 heavy (non-hydrogen) atoms. The van der Waals surface area contributed by atoms with Crippen LogP contribution in [0.2, 0.25) is 0 Å². The number of hydrogen-bond donors (Lipinski definition) is 0. The molecular formula is C12H13BrO3. The highest BCUT2D eigenvalue weighted by atomic mass is 79.9. The molecule has 0 saturated carbocycles. The second-order valence-corrected chi connectivity index (χ2v) is 4.41. The van der Waals surface area contributed by atoms with Crippen molar-refractivity contribution in [2.45, 2.75) is 6.92 Å². The van der Waals surface area contributed by atoms with Crippen LogP contribution >= 0.6 is 15.9 Å². The maximum Gasteiger partial charge on any atom is 0.173 e. The number of benzene rings is 1. The molecule has 0 saturated heterocycles. The Bertz CT molecular complexity index is 401. The lowest BCUT2D eigenvalue weighted by atomic mass is 9.96. The van der Waals surface area contributed by atoms with Crippen molar-refractivity contribution < 1.29 is 14.3 Å². The molecule has 4 heteroatoms. The molecule has 0 bridgehead atoms. The van der Waals surface area contributed by atoms with Crippen LogP contribution in [0.1, 0.15) is 17.3 Å². The predicted molar refractivity (Wildman–Crippen MR) is 64.5 cm³/mol. The summed E-state index contributed by atoms with van der Waals surface area (Å²) in [6.45, 7) is 1.57. The van der Waals surface area contributed by atoms with Crippen molar-refractivity contribution in [3.05, 3.63) is 34.3 Å². The van der Waals surface area contributed by atoms with E-state index in [9.17, 15) is 9.59 Å². The van der Waals surface area contributed by atoms with Crippen LogP contribution < -0.4 is 0 Å². The first-order valence-corrected chi connectivity index (χ1v) is 5.67. The summed E-state index contributed by atoms with van der Waals surface area (Å²) < 4.78 is 5.55. The summed E-state index contributed by atoms with van der Waals surface area (Å²) in [7, 11) is 1.44. The number of halogens is 1. The second-order valence-electron chi connectivity index (χ2n) is 3.50. The lowest BCUT2D eigenvalue weighted by Crippen LogP contribution is -2.24. The molecule has 1 aromatic rings. The number of hydrogen-bond acceptors (Lipinski definition) is 3. The van der Waals surface area contributed by atoms with Crippen LogP contribution in [0.3, 0.4) is 0 Å². The minimum absolute atomic E-state index is 0.0269. The molecule has 0 fully saturated rings. The topological polar surface area (TPSA) is 43.4 Å². The number of ketones is 2. The van der Waals surface area contributed by atoms with Gasteiger partial charge >= 0.3 is 0 Å². The van der Waals surface area contributed by atoms with Gasteiger partial charge in [-0.3, -0.25) is 9.59 Å². The molecular weight excluding hydrogens is 272 g/mol. The van der Waals surface area contributed by atoms with Gasteiger partial charge < -0.3 is 4.74 Å². The second kappa shape index (κ2) is 5.92. The first-order valence-electron chi connectivity index (χ1n) is 4.87. The fraction of sp³-hybridized carbons (Fsp3) is 0.333. The Labute approximate surface area is 103 Å². The van der Waals surface area contributed by atoms with E-state index < -0.39 is 5.92 Å². The monoisotopic (exact) mass is 284 g/mol. The number of carbonyl (C=O) groups excluding carboxylic acids is 2. The Hall–Kier alpha value is -1.000. The maximum atomic E-state index is 11.9. The summed E-state index contributed by atoms with van der Waals surface area (Å²) >= 11 is 3.29. The van der Waals surface area contributed by atoms with E-state index in [1.54, 1.807) is 25.1 Å². The number of Topliss-reactive ketones (excluding diaryl/α,β-unsaturated/α-hetero) is 2. The van der Waals surface area contributed by atoms with Gasteiger partial charge in [0.2, 0.25) is 0 Å². The molecule has 86 valence electrons. The zero-order valence-electron chi connectivity index (χ0n) is 9.20. The normalized spacial score (nSPS) is 12.2. The summed E-state index contributed by atoms with van der Waals surface area (Å²) in [5.74, 6) is -1.04. The van der Waals surface area contributed by atoms with Gasteiger partial charge in [-0.1, -0.05) is 28.1 Å². The van der Waals surface area contributed by atoms with E-state index in [1.807, 2.05) is 6.07 Å². The molecule has 0 spiro atoms. The van der Waals surface area contributed by atoms with Gasteiger partial charge in [-0.15, -0.1) is 0 Å². The van der Waals surface area contributed by atoms with E-state index in [-0.39, 0.29) is 18.2 Å². The SMILES string of the molecule is COCC(=O)C(C)C(=O)c1cccc(Br)c1. The highest BCUT2D eigenvalue weighted by Gasteiger charge is 2.22. The molecule has 0 aliphatic rings. The summed E-state index contributed by atoms with van der Waals surface area (Å²) in [4.78, 5) is 23.4. The highest BCUT2D eigenvalue weighted by Crippen LogP contribution is 2.15. The van der Waals surface area contributed by atoms with Gasteiger partial charge in [-0.2, -0.15) is 0 Å². The van der Waals surface area contributed by atoms with Crippen LogP contribution in [0.4, 0.5) is 0 Å². The number of carbonyl (C=O) groups is 2. The number of ether oxygens (including phenoxy) is 1. The van der Waals surface area contributed by atoms with Gasteiger partial charge in [0.1, 0.15) is 6.61 Å². The molecule has 0 aliphatic heterocycles. The first kappa shape index (κ1) is 13.1. The summed E-state index contributed by atoms with van der Waals surface area (Å²) in [6, 6.07) is 7.01. The van der Waals surface area contributed by atoms with Gasteiger partial charge in [0.25, 0.3) is 0 Å². The summed E-state index contributed by atoms with van der Waals surface area (Å²) in [5.41, 5.74) is 0.534. The van der Waals surface area contributed by atoms with Crippen LogP contribution in [0, 0.1) is 5.92 Å². The highest BCUT2D eigenvalue weighted by molar-refractivity contribution is 9.10. The Balaban J connectivity index is 2.82. The molecule has 0 N–H and O–H groups in total. The predicted octanol–water partition coefficient (Wildman–Crippen LogP) is 2.48. The average Bonchev–Trinajstić information content (AvgIpc) is 2.27. The van der Waals surface area contributed by atoms with Crippen LogP contribution in [-0.2, 0) is 9.53 Å². The molecule has 0 aliphatic carbocycles. The van der Waals surface area contributed by atoms with Gasteiger partial charge in [-0.05, 0) is 19.1 Å². The van der Waals surface area contributed by atoms with Crippen molar-refractivity contribution in [3.8, 4) is 0 Å². The zero-order valence-corrected chi connectivity index (χ0v) is 10.8. The number of methoxy groups -OCH3 is 1. The van der Waals surface area contributed by atoms with Gasteiger partial charge in [0, 0.05) is 17.1 Å². The molecule has 1 atom stereocenters. The van der Waals surface area contributed by atoms with Crippen molar-refractivity contribution in [1.82, 2.24) is 0 Å².